The van der Waals surface area contributed by atoms with Gasteiger partial charge in [0.05, 0.1) is 29.0 Å². The summed E-state index contributed by atoms with van der Waals surface area (Å²) in [6.07, 6.45) is -4.13. The SMILES string of the molecule is [2H]c1nc(OC)c(C(=O)N(c2cccc3cnnn23)C(C)c2ccccc2OC(F)(F)F)c([2H])c1[2H]. The molecule has 8 nitrogen and oxygen atoms in total. The average molecular weight is 460 g/mol. The van der Waals surface area contributed by atoms with Gasteiger partial charge in [0, 0.05) is 11.7 Å². The van der Waals surface area contributed by atoms with E-state index in [0.29, 0.717) is 5.52 Å². The van der Waals surface area contributed by atoms with Crippen molar-refractivity contribution in [3.63, 3.8) is 0 Å². The van der Waals surface area contributed by atoms with E-state index in [0.717, 1.165) is 11.0 Å². The summed E-state index contributed by atoms with van der Waals surface area (Å²) in [5.74, 6) is -1.73. The molecule has 0 radical (unpaired) electrons. The predicted molar refractivity (Wildman–Crippen MR) is 112 cm³/mol. The van der Waals surface area contributed by atoms with E-state index < -0.39 is 47.9 Å². The fourth-order valence-electron chi connectivity index (χ4n) is 3.37. The summed E-state index contributed by atoms with van der Waals surface area (Å²) in [6, 6.07) is 7.73. The molecule has 33 heavy (non-hydrogen) atoms. The molecular weight excluding hydrogens is 439 g/mol. The minimum Gasteiger partial charge on any atom is -0.480 e. The molecule has 0 aliphatic heterocycles. The molecule has 1 amide bonds. The monoisotopic (exact) mass is 460 g/mol. The van der Waals surface area contributed by atoms with Gasteiger partial charge in [-0.05, 0) is 37.2 Å². The molecule has 0 saturated heterocycles. The van der Waals surface area contributed by atoms with Gasteiger partial charge in [-0.3, -0.25) is 9.69 Å². The molecule has 4 rings (SSSR count). The minimum absolute atomic E-state index is 0.00181. The van der Waals surface area contributed by atoms with Gasteiger partial charge in [-0.2, -0.15) is 4.52 Å². The van der Waals surface area contributed by atoms with Crippen molar-refractivity contribution in [2.75, 3.05) is 12.0 Å². The Morgan fingerprint density at radius 2 is 2.00 bits per heavy atom. The number of alkyl halides is 3. The van der Waals surface area contributed by atoms with E-state index in [4.69, 9.17) is 8.85 Å². The van der Waals surface area contributed by atoms with E-state index in [1.54, 1.807) is 12.1 Å². The normalized spacial score (nSPS) is 13.7. The number of hydrogen-bond acceptors (Lipinski definition) is 6. The molecule has 170 valence electrons. The maximum absolute atomic E-state index is 14.0. The summed E-state index contributed by atoms with van der Waals surface area (Å²) in [5, 5.41) is 7.80. The lowest BCUT2D eigenvalue weighted by Gasteiger charge is -2.31. The number of amides is 1. The quantitative estimate of drug-likeness (QED) is 0.423. The molecule has 3 aromatic heterocycles. The first kappa shape index (κ1) is 18.4. The number of pyridine rings is 2. The highest BCUT2D eigenvalue weighted by molar-refractivity contribution is 6.07. The molecule has 0 fully saturated rings. The zero-order chi connectivity index (χ0) is 26.2. The van der Waals surface area contributed by atoms with Gasteiger partial charge in [0.2, 0.25) is 5.88 Å². The van der Waals surface area contributed by atoms with Crippen molar-refractivity contribution in [3.05, 3.63) is 78.0 Å². The van der Waals surface area contributed by atoms with Gasteiger partial charge in [0.1, 0.15) is 17.1 Å². The van der Waals surface area contributed by atoms with Crippen molar-refractivity contribution in [2.24, 2.45) is 0 Å². The number of benzene rings is 1. The zero-order valence-corrected chi connectivity index (χ0v) is 17.3. The second-order valence-corrected chi connectivity index (χ2v) is 6.75. The molecular formula is C22H18F3N5O3. The smallest absolute Gasteiger partial charge is 0.480 e. The summed E-state index contributed by atoms with van der Waals surface area (Å²) in [4.78, 5) is 18.9. The number of rotatable bonds is 6. The third-order valence-electron chi connectivity index (χ3n) is 4.77. The second-order valence-electron chi connectivity index (χ2n) is 6.75. The Kier molecular flexibility index (Phi) is 4.90. The first-order chi connectivity index (χ1) is 17.0. The average Bonchev–Trinajstić information content (AvgIpc) is 3.31. The van der Waals surface area contributed by atoms with Crippen molar-refractivity contribution in [3.8, 4) is 11.6 Å². The molecule has 3 heterocycles. The number of methoxy groups -OCH3 is 1. The van der Waals surface area contributed by atoms with Gasteiger partial charge in [-0.15, -0.1) is 18.3 Å². The van der Waals surface area contributed by atoms with Crippen molar-refractivity contribution in [1.29, 1.82) is 0 Å². The summed E-state index contributed by atoms with van der Waals surface area (Å²) < 4.78 is 74.0. The lowest BCUT2D eigenvalue weighted by atomic mass is 10.0. The zero-order valence-electron chi connectivity index (χ0n) is 20.3. The molecule has 0 aliphatic carbocycles. The van der Waals surface area contributed by atoms with Crippen LogP contribution in [0, 0.1) is 0 Å². The summed E-state index contributed by atoms with van der Waals surface area (Å²) >= 11 is 0. The number of aromatic nitrogens is 4. The fourth-order valence-corrected chi connectivity index (χ4v) is 3.37. The Hall–Kier alpha value is -4.15. The van der Waals surface area contributed by atoms with Crippen LogP contribution in [0.2, 0.25) is 0 Å². The third kappa shape index (κ3) is 4.43. The van der Waals surface area contributed by atoms with E-state index in [2.05, 4.69) is 20.0 Å². The van der Waals surface area contributed by atoms with Crippen LogP contribution in [0.15, 0.2) is 66.9 Å². The lowest BCUT2D eigenvalue weighted by Crippen LogP contribution is -2.36. The second kappa shape index (κ2) is 8.77. The first-order valence-electron chi connectivity index (χ1n) is 11.0. The lowest BCUT2D eigenvalue weighted by molar-refractivity contribution is -0.274. The number of ether oxygens (including phenoxy) is 2. The number of anilines is 1. The molecule has 11 heteroatoms. The van der Waals surface area contributed by atoms with Crippen LogP contribution in [0.25, 0.3) is 5.52 Å². The van der Waals surface area contributed by atoms with Crippen LogP contribution >= 0.6 is 0 Å². The Labute approximate surface area is 190 Å². The van der Waals surface area contributed by atoms with Crippen molar-refractivity contribution >= 4 is 17.2 Å². The largest absolute Gasteiger partial charge is 0.573 e. The Balaban J connectivity index is 1.96. The fraction of sp³-hybridized carbons (Fsp3) is 0.182. The molecule has 1 aromatic carbocycles. The van der Waals surface area contributed by atoms with Crippen LogP contribution in [0.1, 0.15) is 33.0 Å². The maximum atomic E-state index is 14.0. The van der Waals surface area contributed by atoms with Crippen LogP contribution in [0.5, 0.6) is 11.6 Å². The number of hydrogen-bond donors (Lipinski definition) is 0. The first-order valence-corrected chi connectivity index (χ1v) is 9.53. The Bertz CT molecular complexity index is 1450. The topological polar surface area (TPSA) is 81.9 Å². The summed E-state index contributed by atoms with van der Waals surface area (Å²) in [5.41, 5.74) is 0.0369. The van der Waals surface area contributed by atoms with Crippen LogP contribution in [0.3, 0.4) is 0 Å². The highest BCUT2D eigenvalue weighted by Gasteiger charge is 2.35. The number of carbonyl (C=O) groups is 1. The van der Waals surface area contributed by atoms with E-state index >= 15 is 0 Å². The predicted octanol–water partition coefficient (Wildman–Crippen LogP) is 4.44. The number of halogens is 3. The van der Waals surface area contributed by atoms with Gasteiger partial charge in [-0.1, -0.05) is 29.5 Å². The Morgan fingerprint density at radius 1 is 1.21 bits per heavy atom. The van der Waals surface area contributed by atoms with Gasteiger partial charge < -0.3 is 9.47 Å². The van der Waals surface area contributed by atoms with E-state index in [1.165, 1.54) is 49.0 Å². The molecule has 0 saturated carbocycles. The number of carbonyl (C=O) groups excluding carboxylic acids is 1. The number of nitrogens with zero attached hydrogens (tertiary/aromatic N) is 5. The molecule has 0 aliphatic rings. The Morgan fingerprint density at radius 3 is 2.76 bits per heavy atom. The summed E-state index contributed by atoms with van der Waals surface area (Å²) in [7, 11) is 1.18. The maximum Gasteiger partial charge on any atom is 0.573 e. The van der Waals surface area contributed by atoms with E-state index in [9.17, 15) is 18.0 Å². The van der Waals surface area contributed by atoms with Crippen LogP contribution in [-0.4, -0.2) is 39.2 Å². The van der Waals surface area contributed by atoms with Crippen molar-refractivity contribution in [1.82, 2.24) is 19.8 Å². The standard InChI is InChI=1S/C22H18F3N5O3/c1-14(16-8-3-4-10-18(16)33-22(23,24)25)29(19-11-5-7-15-13-27-28-30(15)19)21(31)17-9-6-12-26-20(17)32-2/h3-14H,1-2H3/i6D,9D,12D. The number of fused-ring (bicyclic) bond motifs is 1. The van der Waals surface area contributed by atoms with Gasteiger partial charge in [0.25, 0.3) is 5.91 Å². The highest BCUT2D eigenvalue weighted by atomic mass is 19.4. The molecule has 0 spiro atoms. The van der Waals surface area contributed by atoms with Crippen molar-refractivity contribution < 1.29 is 31.6 Å². The summed E-state index contributed by atoms with van der Waals surface area (Å²) in [6.45, 7) is 1.47. The van der Waals surface area contributed by atoms with Gasteiger partial charge >= 0.3 is 6.36 Å². The highest BCUT2D eigenvalue weighted by Crippen LogP contribution is 2.36. The van der Waals surface area contributed by atoms with E-state index in [1.807, 2.05) is 0 Å². The number of para-hydroxylation sites is 1. The molecule has 0 N–H and O–H groups in total. The molecule has 1 atom stereocenters. The van der Waals surface area contributed by atoms with Gasteiger partial charge in [0.15, 0.2) is 0 Å². The van der Waals surface area contributed by atoms with Crippen LogP contribution in [0.4, 0.5) is 19.0 Å². The molecule has 0 bridgehead atoms. The minimum atomic E-state index is -4.98. The van der Waals surface area contributed by atoms with Crippen molar-refractivity contribution in [2.45, 2.75) is 19.3 Å². The molecule has 1 unspecified atom stereocenters. The third-order valence-corrected chi connectivity index (χ3v) is 4.77. The van der Waals surface area contributed by atoms with Gasteiger partial charge in [-0.25, -0.2) is 4.98 Å². The van der Waals surface area contributed by atoms with E-state index in [-0.39, 0.29) is 17.3 Å². The van der Waals surface area contributed by atoms with Crippen LogP contribution in [-0.2, 0) is 0 Å². The van der Waals surface area contributed by atoms with Crippen LogP contribution < -0.4 is 14.4 Å². The molecule has 4 aromatic rings.